The molecule has 1 atom stereocenters. The normalized spacial score (nSPS) is 11.9. The van der Waals surface area contributed by atoms with E-state index in [9.17, 15) is 0 Å². The minimum absolute atomic E-state index is 0.435. The Morgan fingerprint density at radius 1 is 1.00 bits per heavy atom. The number of thiocarbonyl (C=S) groups is 1. The molecule has 0 radical (unpaired) electrons. The number of hydrogen-bond donors (Lipinski definition) is 0. The van der Waals surface area contributed by atoms with Gasteiger partial charge in [-0.1, -0.05) is 0 Å². The molecule has 0 bridgehead atoms. The average Bonchev–Trinajstić information content (AvgIpc) is 2.61. The SMILES string of the molecule is CCN(CC)C(=S)SC(C[Se]c1ccccc1)c1ccccc1. The Kier molecular flexibility index (Phi) is 8.18. The van der Waals surface area contributed by atoms with Gasteiger partial charge in [-0.05, 0) is 0 Å². The second kappa shape index (κ2) is 10.1. The molecule has 0 N–H and O–H groups in total. The fourth-order valence-corrected chi connectivity index (χ4v) is 6.49. The van der Waals surface area contributed by atoms with Gasteiger partial charge in [0.15, 0.2) is 0 Å². The monoisotopic (exact) mass is 409 g/mol. The van der Waals surface area contributed by atoms with Crippen LogP contribution in [0.5, 0.6) is 0 Å². The number of rotatable bonds is 7. The Bertz CT molecular complexity index is 585. The van der Waals surface area contributed by atoms with Crippen molar-refractivity contribution >= 4 is 47.7 Å². The Hall–Kier alpha value is -0.801. The van der Waals surface area contributed by atoms with Crippen LogP contribution in [0.15, 0.2) is 60.7 Å². The van der Waals surface area contributed by atoms with Crippen molar-refractivity contribution in [2.45, 2.75) is 24.4 Å². The van der Waals surface area contributed by atoms with E-state index in [2.05, 4.69) is 79.4 Å². The van der Waals surface area contributed by atoms with Gasteiger partial charge >= 0.3 is 156 Å². The molecule has 23 heavy (non-hydrogen) atoms. The molecule has 0 aliphatic carbocycles. The summed E-state index contributed by atoms with van der Waals surface area (Å²) in [5.74, 6) is 0. The van der Waals surface area contributed by atoms with Crippen molar-refractivity contribution in [3.05, 3.63) is 66.2 Å². The summed E-state index contributed by atoms with van der Waals surface area (Å²) in [4.78, 5) is 2.27. The average molecular weight is 408 g/mol. The van der Waals surface area contributed by atoms with E-state index in [1.54, 1.807) is 0 Å². The second-order valence-electron chi connectivity index (χ2n) is 5.08. The summed E-state index contributed by atoms with van der Waals surface area (Å²) < 4.78 is 2.48. The zero-order valence-electron chi connectivity index (χ0n) is 13.6. The van der Waals surface area contributed by atoms with Gasteiger partial charge in [0.05, 0.1) is 0 Å². The van der Waals surface area contributed by atoms with Gasteiger partial charge < -0.3 is 0 Å². The van der Waals surface area contributed by atoms with Crippen LogP contribution in [-0.4, -0.2) is 37.3 Å². The Morgan fingerprint density at radius 2 is 1.57 bits per heavy atom. The summed E-state index contributed by atoms with van der Waals surface area (Å²) in [7, 11) is 0. The van der Waals surface area contributed by atoms with Crippen LogP contribution >= 0.6 is 24.0 Å². The molecule has 2 aromatic carbocycles. The van der Waals surface area contributed by atoms with Crippen molar-refractivity contribution in [1.82, 2.24) is 4.90 Å². The van der Waals surface area contributed by atoms with Crippen LogP contribution in [0.2, 0.25) is 5.32 Å². The molecule has 0 aliphatic heterocycles. The molecule has 4 heteroatoms. The van der Waals surface area contributed by atoms with Crippen molar-refractivity contribution in [3.63, 3.8) is 0 Å². The molecule has 2 aromatic rings. The van der Waals surface area contributed by atoms with E-state index < -0.39 is 0 Å². The third-order valence-corrected chi connectivity index (χ3v) is 8.11. The third kappa shape index (κ3) is 5.96. The van der Waals surface area contributed by atoms with Crippen LogP contribution in [0, 0.1) is 0 Å². The first-order chi connectivity index (χ1) is 11.2. The van der Waals surface area contributed by atoms with E-state index in [-0.39, 0.29) is 0 Å². The van der Waals surface area contributed by atoms with Crippen LogP contribution in [0.1, 0.15) is 24.7 Å². The summed E-state index contributed by atoms with van der Waals surface area (Å²) in [5, 5.41) is 1.59. The first-order valence-corrected chi connectivity index (χ1v) is 11.3. The maximum absolute atomic E-state index is 5.68. The molecule has 2 rings (SSSR count). The summed E-state index contributed by atoms with van der Waals surface area (Å²) in [6.45, 7) is 6.30. The van der Waals surface area contributed by atoms with Gasteiger partial charge in [0.2, 0.25) is 0 Å². The molecule has 0 heterocycles. The van der Waals surface area contributed by atoms with Gasteiger partial charge in [-0.25, -0.2) is 0 Å². The zero-order valence-corrected chi connectivity index (χ0v) is 17.0. The molecule has 0 fully saturated rings. The first kappa shape index (κ1) is 18.5. The molecule has 122 valence electrons. The molecule has 0 spiro atoms. The van der Waals surface area contributed by atoms with E-state index in [4.69, 9.17) is 12.2 Å². The van der Waals surface area contributed by atoms with Gasteiger partial charge in [0.25, 0.3) is 0 Å². The Balaban J connectivity index is 2.07. The van der Waals surface area contributed by atoms with Crippen molar-refractivity contribution in [2.75, 3.05) is 13.1 Å². The second-order valence-corrected chi connectivity index (χ2v) is 9.21. The topological polar surface area (TPSA) is 3.24 Å². The Labute approximate surface area is 156 Å². The van der Waals surface area contributed by atoms with Crippen LogP contribution in [0.4, 0.5) is 0 Å². The molecular weight excluding hydrogens is 385 g/mol. The third-order valence-electron chi connectivity index (χ3n) is 3.58. The summed E-state index contributed by atoms with van der Waals surface area (Å²) in [6, 6.07) is 21.6. The molecule has 0 saturated carbocycles. The molecule has 0 aromatic heterocycles. The molecule has 0 saturated heterocycles. The van der Waals surface area contributed by atoms with E-state index in [1.807, 2.05) is 11.8 Å². The van der Waals surface area contributed by atoms with E-state index in [0.29, 0.717) is 20.2 Å². The number of thioether (sulfide) groups is 1. The van der Waals surface area contributed by atoms with Crippen LogP contribution in [0.25, 0.3) is 0 Å². The molecule has 1 unspecified atom stereocenters. The van der Waals surface area contributed by atoms with Crippen molar-refractivity contribution in [2.24, 2.45) is 0 Å². The minimum atomic E-state index is 0.435. The van der Waals surface area contributed by atoms with Crippen molar-refractivity contribution in [1.29, 1.82) is 0 Å². The predicted octanol–water partition coefficient (Wildman–Crippen LogP) is 4.54. The maximum atomic E-state index is 5.68. The van der Waals surface area contributed by atoms with Crippen molar-refractivity contribution < 1.29 is 0 Å². The molecular formula is C19H23NS2Se. The van der Waals surface area contributed by atoms with E-state index in [1.165, 1.54) is 10.0 Å². The van der Waals surface area contributed by atoms with Gasteiger partial charge in [-0.3, -0.25) is 0 Å². The van der Waals surface area contributed by atoms with Crippen LogP contribution < -0.4 is 4.46 Å². The van der Waals surface area contributed by atoms with Gasteiger partial charge in [-0.15, -0.1) is 0 Å². The van der Waals surface area contributed by atoms with Crippen LogP contribution in [0.3, 0.4) is 0 Å². The number of nitrogens with zero attached hydrogens (tertiary/aromatic N) is 1. The quantitative estimate of drug-likeness (QED) is 0.489. The predicted molar refractivity (Wildman–Crippen MR) is 109 cm³/mol. The van der Waals surface area contributed by atoms with Gasteiger partial charge in [0, 0.05) is 0 Å². The number of benzene rings is 2. The summed E-state index contributed by atoms with van der Waals surface area (Å²) in [6.07, 6.45) is 0. The van der Waals surface area contributed by atoms with Crippen LogP contribution in [-0.2, 0) is 0 Å². The Morgan fingerprint density at radius 3 is 2.13 bits per heavy atom. The van der Waals surface area contributed by atoms with E-state index in [0.717, 1.165) is 22.7 Å². The van der Waals surface area contributed by atoms with Gasteiger partial charge in [0.1, 0.15) is 0 Å². The fraction of sp³-hybridized carbons (Fsp3) is 0.316. The van der Waals surface area contributed by atoms with Gasteiger partial charge in [-0.2, -0.15) is 0 Å². The van der Waals surface area contributed by atoms with Crippen molar-refractivity contribution in [3.8, 4) is 0 Å². The summed E-state index contributed by atoms with van der Waals surface area (Å²) >= 11 is 7.99. The molecule has 0 amide bonds. The zero-order chi connectivity index (χ0) is 16.5. The first-order valence-electron chi connectivity index (χ1n) is 7.93. The van der Waals surface area contributed by atoms with E-state index >= 15 is 0 Å². The summed E-state index contributed by atoms with van der Waals surface area (Å²) in [5.41, 5.74) is 1.38. The molecule has 1 nitrogen and oxygen atoms in total. The standard InChI is InChI=1S/C19H23NS2Se/c1-3-20(4-2)19(21)22-18(16-11-7-5-8-12-16)15-23-17-13-9-6-10-14-17/h5-14,18H,3-4,15H2,1-2H3. The molecule has 0 aliphatic rings. The number of hydrogen-bond acceptors (Lipinski definition) is 2. The fourth-order valence-electron chi connectivity index (χ4n) is 2.23.